The van der Waals surface area contributed by atoms with E-state index in [1.165, 1.54) is 25.9 Å². The molecule has 2 atom stereocenters. The monoisotopic (exact) mass is 268 g/mol. The Labute approximate surface area is 116 Å². The Kier molecular flexibility index (Phi) is 3.63. The highest BCUT2D eigenvalue weighted by atomic mass is 16.7. The number of hydrogen-bond donors (Lipinski definition) is 1. The van der Waals surface area contributed by atoms with Crippen LogP contribution in [0.25, 0.3) is 0 Å². The molecule has 2 saturated heterocycles. The quantitative estimate of drug-likeness (QED) is 0.787. The molecule has 2 unspecified atom stereocenters. The minimum Gasteiger partial charge on any atom is -0.347 e. The normalized spacial score (nSPS) is 38.7. The summed E-state index contributed by atoms with van der Waals surface area (Å²) in [6.45, 7) is 8.57. The number of ether oxygens (including phenoxy) is 2. The molecule has 2 aliphatic heterocycles. The second kappa shape index (κ2) is 4.99. The fourth-order valence-electron chi connectivity index (χ4n) is 3.77. The van der Waals surface area contributed by atoms with Crippen molar-refractivity contribution < 1.29 is 9.47 Å². The van der Waals surface area contributed by atoms with E-state index >= 15 is 0 Å². The summed E-state index contributed by atoms with van der Waals surface area (Å²) < 4.78 is 11.8. The van der Waals surface area contributed by atoms with Crippen LogP contribution in [0.2, 0.25) is 0 Å². The summed E-state index contributed by atoms with van der Waals surface area (Å²) >= 11 is 0. The van der Waals surface area contributed by atoms with E-state index in [0.717, 1.165) is 32.5 Å². The van der Waals surface area contributed by atoms with Crippen molar-refractivity contribution in [1.82, 2.24) is 4.90 Å². The summed E-state index contributed by atoms with van der Waals surface area (Å²) in [6, 6.07) is 0.711. The predicted molar refractivity (Wildman–Crippen MR) is 74.8 cm³/mol. The van der Waals surface area contributed by atoms with Crippen LogP contribution in [0.4, 0.5) is 0 Å². The molecule has 4 nitrogen and oxygen atoms in total. The van der Waals surface area contributed by atoms with Crippen LogP contribution in [0.3, 0.4) is 0 Å². The highest BCUT2D eigenvalue weighted by Gasteiger charge is 2.46. The predicted octanol–water partition coefficient (Wildman–Crippen LogP) is 1.73. The maximum absolute atomic E-state index is 6.38. The van der Waals surface area contributed by atoms with Gasteiger partial charge < -0.3 is 15.2 Å². The van der Waals surface area contributed by atoms with Crippen molar-refractivity contribution in [3.63, 3.8) is 0 Å². The van der Waals surface area contributed by atoms with Crippen LogP contribution in [-0.2, 0) is 9.47 Å². The van der Waals surface area contributed by atoms with Gasteiger partial charge in [-0.05, 0) is 37.8 Å². The zero-order valence-corrected chi connectivity index (χ0v) is 12.4. The van der Waals surface area contributed by atoms with Crippen LogP contribution in [0.1, 0.15) is 46.0 Å². The van der Waals surface area contributed by atoms with E-state index in [2.05, 4.69) is 18.7 Å². The zero-order valence-electron chi connectivity index (χ0n) is 12.4. The first-order valence-corrected chi connectivity index (χ1v) is 7.77. The first-order valence-electron chi connectivity index (χ1n) is 7.77. The Hall–Kier alpha value is -0.160. The molecule has 3 fully saturated rings. The molecular weight excluding hydrogens is 240 g/mol. The van der Waals surface area contributed by atoms with E-state index < -0.39 is 0 Å². The van der Waals surface area contributed by atoms with Gasteiger partial charge in [-0.2, -0.15) is 0 Å². The minimum atomic E-state index is -0.312. The van der Waals surface area contributed by atoms with Gasteiger partial charge in [-0.15, -0.1) is 0 Å². The van der Waals surface area contributed by atoms with Gasteiger partial charge in [0.05, 0.1) is 13.2 Å². The highest BCUT2D eigenvalue weighted by molar-refractivity contribution is 4.96. The van der Waals surface area contributed by atoms with Crippen LogP contribution in [0.15, 0.2) is 0 Å². The first kappa shape index (κ1) is 13.8. The van der Waals surface area contributed by atoms with Gasteiger partial charge in [0.2, 0.25) is 0 Å². The largest absolute Gasteiger partial charge is 0.347 e. The van der Waals surface area contributed by atoms with Gasteiger partial charge in [0.25, 0.3) is 0 Å². The van der Waals surface area contributed by atoms with Gasteiger partial charge in [-0.25, -0.2) is 0 Å². The standard InChI is InChI=1S/C15H28N2O2/c1-14(2)5-7-17(8-6-14)13-11-15(4-3-12(13)16)18-9-10-19-15/h12-13H,3-11,16H2,1-2H3. The van der Waals surface area contributed by atoms with Crippen molar-refractivity contribution in [1.29, 1.82) is 0 Å². The molecule has 2 N–H and O–H groups in total. The van der Waals surface area contributed by atoms with Crippen molar-refractivity contribution in [2.24, 2.45) is 11.1 Å². The lowest BCUT2D eigenvalue weighted by Gasteiger charge is -2.48. The third-order valence-corrected chi connectivity index (χ3v) is 5.31. The van der Waals surface area contributed by atoms with E-state index in [0.29, 0.717) is 11.5 Å². The number of nitrogens with two attached hydrogens (primary N) is 1. The number of likely N-dealkylation sites (tertiary alicyclic amines) is 1. The fourth-order valence-corrected chi connectivity index (χ4v) is 3.77. The maximum atomic E-state index is 6.38. The van der Waals surface area contributed by atoms with Gasteiger partial charge in [-0.3, -0.25) is 4.90 Å². The van der Waals surface area contributed by atoms with Crippen molar-refractivity contribution in [3.8, 4) is 0 Å². The fraction of sp³-hybridized carbons (Fsp3) is 1.00. The lowest BCUT2D eigenvalue weighted by atomic mass is 9.79. The average Bonchev–Trinajstić information content (AvgIpc) is 2.82. The minimum absolute atomic E-state index is 0.277. The summed E-state index contributed by atoms with van der Waals surface area (Å²) in [7, 11) is 0. The van der Waals surface area contributed by atoms with Gasteiger partial charge in [-0.1, -0.05) is 13.8 Å². The molecule has 110 valence electrons. The zero-order chi connectivity index (χ0) is 13.5. The molecule has 0 aromatic rings. The number of nitrogens with zero attached hydrogens (tertiary/aromatic N) is 1. The van der Waals surface area contributed by atoms with Gasteiger partial charge in [0.1, 0.15) is 0 Å². The summed E-state index contributed by atoms with van der Waals surface area (Å²) in [5.41, 5.74) is 6.87. The molecule has 0 amide bonds. The third-order valence-electron chi connectivity index (χ3n) is 5.31. The van der Waals surface area contributed by atoms with E-state index in [1.807, 2.05) is 0 Å². The number of piperidine rings is 1. The second-order valence-electron chi connectivity index (χ2n) is 7.28. The van der Waals surface area contributed by atoms with Crippen molar-refractivity contribution in [2.75, 3.05) is 26.3 Å². The van der Waals surface area contributed by atoms with Gasteiger partial charge >= 0.3 is 0 Å². The van der Waals surface area contributed by atoms with Crippen LogP contribution in [-0.4, -0.2) is 49.1 Å². The molecule has 2 heterocycles. The van der Waals surface area contributed by atoms with Gasteiger partial charge in [0.15, 0.2) is 5.79 Å². The number of hydrogen-bond acceptors (Lipinski definition) is 4. The summed E-state index contributed by atoms with van der Waals surface area (Å²) in [4.78, 5) is 2.59. The molecule has 0 bridgehead atoms. The van der Waals surface area contributed by atoms with Crippen LogP contribution >= 0.6 is 0 Å². The Bertz CT molecular complexity index is 316. The molecule has 3 rings (SSSR count). The molecule has 0 aromatic carbocycles. The smallest absolute Gasteiger partial charge is 0.170 e. The lowest BCUT2D eigenvalue weighted by molar-refractivity contribution is -0.193. The van der Waals surface area contributed by atoms with Crippen molar-refractivity contribution in [3.05, 3.63) is 0 Å². The van der Waals surface area contributed by atoms with Crippen LogP contribution in [0, 0.1) is 5.41 Å². The van der Waals surface area contributed by atoms with E-state index in [-0.39, 0.29) is 11.8 Å². The Morgan fingerprint density at radius 3 is 2.32 bits per heavy atom. The molecule has 0 radical (unpaired) electrons. The van der Waals surface area contributed by atoms with Crippen LogP contribution < -0.4 is 5.73 Å². The Balaban J connectivity index is 1.65. The average molecular weight is 268 g/mol. The summed E-state index contributed by atoms with van der Waals surface area (Å²) in [5, 5.41) is 0. The van der Waals surface area contributed by atoms with Crippen LogP contribution in [0.5, 0.6) is 0 Å². The molecule has 19 heavy (non-hydrogen) atoms. The molecule has 3 aliphatic rings. The molecule has 1 aliphatic carbocycles. The Morgan fingerprint density at radius 1 is 1.05 bits per heavy atom. The SMILES string of the molecule is CC1(C)CCN(C2CC3(CCC2N)OCCO3)CC1. The molecule has 1 saturated carbocycles. The summed E-state index contributed by atoms with van der Waals surface area (Å²) in [5.74, 6) is -0.312. The molecular formula is C15H28N2O2. The van der Waals surface area contributed by atoms with E-state index in [1.54, 1.807) is 0 Å². The van der Waals surface area contributed by atoms with Crippen molar-refractivity contribution in [2.45, 2.75) is 63.8 Å². The second-order valence-corrected chi connectivity index (χ2v) is 7.28. The molecule has 4 heteroatoms. The molecule has 1 spiro atoms. The first-order chi connectivity index (χ1) is 9.00. The highest BCUT2D eigenvalue weighted by Crippen LogP contribution is 2.39. The topological polar surface area (TPSA) is 47.7 Å². The third kappa shape index (κ3) is 2.82. The van der Waals surface area contributed by atoms with Gasteiger partial charge in [0, 0.05) is 24.9 Å². The molecule has 0 aromatic heterocycles. The summed E-state index contributed by atoms with van der Waals surface area (Å²) in [6.07, 6.45) is 5.47. The Morgan fingerprint density at radius 2 is 1.68 bits per heavy atom. The number of rotatable bonds is 1. The lowest BCUT2D eigenvalue weighted by Crippen LogP contribution is -2.58. The van der Waals surface area contributed by atoms with E-state index in [4.69, 9.17) is 15.2 Å². The maximum Gasteiger partial charge on any atom is 0.170 e. The van der Waals surface area contributed by atoms with Crippen molar-refractivity contribution >= 4 is 0 Å². The van der Waals surface area contributed by atoms with E-state index in [9.17, 15) is 0 Å².